The van der Waals surface area contributed by atoms with Crippen LogP contribution in [0.1, 0.15) is 32.8 Å². The molecule has 0 aliphatic rings. The first-order valence-corrected chi connectivity index (χ1v) is 6.50. The molecule has 1 nitrogen and oxygen atoms in total. The lowest BCUT2D eigenvalue weighted by Crippen LogP contribution is -2.16. The van der Waals surface area contributed by atoms with Crippen LogP contribution in [0, 0.1) is 11.8 Å². The molecule has 0 spiro atoms. The number of aliphatic hydroxyl groups excluding tert-OH is 1. The van der Waals surface area contributed by atoms with Gasteiger partial charge in [0.15, 0.2) is 0 Å². The minimum atomic E-state index is -0.245. The minimum absolute atomic E-state index is 0.237. The molecule has 94 valence electrons. The van der Waals surface area contributed by atoms with Crippen LogP contribution in [0.3, 0.4) is 0 Å². The Balaban J connectivity index is 2.36. The molecule has 0 unspecified atom stereocenters. The third kappa shape index (κ3) is 5.69. The van der Waals surface area contributed by atoms with E-state index in [1.807, 2.05) is 18.2 Å². The maximum Gasteiger partial charge on any atom is 0.0603 e. The van der Waals surface area contributed by atoms with E-state index in [4.69, 9.17) is 0 Å². The molecule has 0 amide bonds. The van der Waals surface area contributed by atoms with Crippen molar-refractivity contribution in [3.05, 3.63) is 48.0 Å². The fourth-order valence-electron chi connectivity index (χ4n) is 1.75. The Morgan fingerprint density at radius 2 is 1.71 bits per heavy atom. The van der Waals surface area contributed by atoms with E-state index in [9.17, 15) is 5.11 Å². The van der Waals surface area contributed by atoms with Crippen molar-refractivity contribution < 1.29 is 5.11 Å². The molecule has 0 aromatic heterocycles. The number of benzene rings is 1. The average molecular weight is 232 g/mol. The topological polar surface area (TPSA) is 20.2 Å². The predicted octanol–water partition coefficient (Wildman–Crippen LogP) is 3.83. The van der Waals surface area contributed by atoms with E-state index in [2.05, 4.69) is 45.1 Å². The molecule has 17 heavy (non-hydrogen) atoms. The highest BCUT2D eigenvalue weighted by molar-refractivity contribution is 5.14. The summed E-state index contributed by atoms with van der Waals surface area (Å²) < 4.78 is 0. The molecule has 0 aliphatic carbocycles. The molecule has 0 saturated carbocycles. The van der Waals surface area contributed by atoms with Crippen LogP contribution in [0.25, 0.3) is 0 Å². The summed E-state index contributed by atoms with van der Waals surface area (Å²) in [6.45, 7) is 6.38. The molecule has 0 aliphatic heterocycles. The Morgan fingerprint density at radius 1 is 1.06 bits per heavy atom. The normalized spacial score (nSPS) is 15.4. The number of aryl methyl sites for hydroxylation is 1. The van der Waals surface area contributed by atoms with Gasteiger partial charge >= 0.3 is 0 Å². The highest BCUT2D eigenvalue weighted by Gasteiger charge is 2.11. The monoisotopic (exact) mass is 232 g/mol. The van der Waals surface area contributed by atoms with Crippen LogP contribution in [0.5, 0.6) is 0 Å². The Kier molecular flexibility index (Phi) is 5.99. The standard InChI is InChI=1S/C16H24O/c1-13(2)9-10-14(3)16(17)12-11-15-7-5-4-6-8-15/h4-10,13-14,16-17H,11-12H2,1-3H3/b10-9+/t14-,16+/m0/s1. The van der Waals surface area contributed by atoms with Gasteiger partial charge in [0.05, 0.1) is 6.10 Å². The molecule has 1 N–H and O–H groups in total. The van der Waals surface area contributed by atoms with Crippen LogP contribution in [0.4, 0.5) is 0 Å². The Morgan fingerprint density at radius 3 is 2.29 bits per heavy atom. The Hall–Kier alpha value is -1.08. The van der Waals surface area contributed by atoms with Gasteiger partial charge < -0.3 is 5.11 Å². The summed E-state index contributed by atoms with van der Waals surface area (Å²) in [7, 11) is 0. The fourth-order valence-corrected chi connectivity index (χ4v) is 1.75. The lowest BCUT2D eigenvalue weighted by Gasteiger charge is -2.15. The lowest BCUT2D eigenvalue weighted by atomic mass is 9.96. The van der Waals surface area contributed by atoms with Crippen molar-refractivity contribution in [3.63, 3.8) is 0 Å². The fraction of sp³-hybridized carbons (Fsp3) is 0.500. The summed E-state index contributed by atoms with van der Waals surface area (Å²) >= 11 is 0. The Bertz CT molecular complexity index is 327. The van der Waals surface area contributed by atoms with E-state index in [0.29, 0.717) is 5.92 Å². The molecule has 1 heteroatoms. The maximum absolute atomic E-state index is 10.0. The summed E-state index contributed by atoms with van der Waals surface area (Å²) in [5.41, 5.74) is 1.30. The van der Waals surface area contributed by atoms with Gasteiger partial charge in [0.25, 0.3) is 0 Å². The zero-order valence-corrected chi connectivity index (χ0v) is 11.1. The molecule has 0 saturated heterocycles. The molecule has 0 fully saturated rings. The van der Waals surface area contributed by atoms with E-state index >= 15 is 0 Å². The van der Waals surface area contributed by atoms with Crippen molar-refractivity contribution in [3.8, 4) is 0 Å². The van der Waals surface area contributed by atoms with Crippen molar-refractivity contribution in [1.29, 1.82) is 0 Å². The average Bonchev–Trinajstić information content (AvgIpc) is 2.34. The van der Waals surface area contributed by atoms with Crippen molar-refractivity contribution in [2.45, 2.75) is 39.7 Å². The molecule has 0 heterocycles. The minimum Gasteiger partial charge on any atom is -0.393 e. The van der Waals surface area contributed by atoms with E-state index < -0.39 is 0 Å². The third-order valence-electron chi connectivity index (χ3n) is 2.98. The number of aliphatic hydroxyl groups is 1. The van der Waals surface area contributed by atoms with Crippen LogP contribution in [-0.2, 0) is 6.42 Å². The second-order valence-corrected chi connectivity index (χ2v) is 5.08. The first-order chi connectivity index (χ1) is 8.09. The summed E-state index contributed by atoms with van der Waals surface area (Å²) in [5.74, 6) is 0.792. The first kappa shape index (κ1) is 14.0. The summed E-state index contributed by atoms with van der Waals surface area (Å²) in [5, 5.41) is 10.0. The van der Waals surface area contributed by atoms with Crippen LogP contribution in [0.2, 0.25) is 0 Å². The van der Waals surface area contributed by atoms with Crippen molar-refractivity contribution in [1.82, 2.24) is 0 Å². The van der Waals surface area contributed by atoms with Gasteiger partial charge in [-0.15, -0.1) is 0 Å². The van der Waals surface area contributed by atoms with Crippen molar-refractivity contribution in [2.24, 2.45) is 11.8 Å². The number of allylic oxidation sites excluding steroid dienone is 1. The lowest BCUT2D eigenvalue weighted by molar-refractivity contribution is 0.128. The largest absolute Gasteiger partial charge is 0.393 e. The van der Waals surface area contributed by atoms with E-state index in [1.54, 1.807) is 0 Å². The molecule has 1 aromatic carbocycles. The molecular formula is C16H24O. The van der Waals surface area contributed by atoms with Gasteiger partial charge in [-0.05, 0) is 30.2 Å². The SMILES string of the molecule is CC(C)/C=C/[C@H](C)[C@H](O)CCc1ccccc1. The van der Waals surface area contributed by atoms with Crippen molar-refractivity contribution in [2.75, 3.05) is 0 Å². The highest BCUT2D eigenvalue weighted by atomic mass is 16.3. The van der Waals surface area contributed by atoms with Crippen LogP contribution in [-0.4, -0.2) is 11.2 Å². The van der Waals surface area contributed by atoms with E-state index in [0.717, 1.165) is 12.8 Å². The number of hydrogen-bond acceptors (Lipinski definition) is 1. The van der Waals surface area contributed by atoms with Crippen molar-refractivity contribution >= 4 is 0 Å². The first-order valence-electron chi connectivity index (χ1n) is 6.50. The summed E-state index contributed by atoms with van der Waals surface area (Å²) in [6, 6.07) is 10.3. The quantitative estimate of drug-likeness (QED) is 0.739. The maximum atomic E-state index is 10.0. The van der Waals surface area contributed by atoms with Gasteiger partial charge in [0, 0.05) is 0 Å². The second-order valence-electron chi connectivity index (χ2n) is 5.08. The van der Waals surface area contributed by atoms with Crippen LogP contribution >= 0.6 is 0 Å². The van der Waals surface area contributed by atoms with Gasteiger partial charge in [0.2, 0.25) is 0 Å². The smallest absolute Gasteiger partial charge is 0.0603 e. The van der Waals surface area contributed by atoms with Gasteiger partial charge in [-0.2, -0.15) is 0 Å². The molecule has 1 rings (SSSR count). The Labute approximate surface area is 105 Å². The second kappa shape index (κ2) is 7.29. The zero-order chi connectivity index (χ0) is 12.7. The van der Waals surface area contributed by atoms with Gasteiger partial charge in [0.1, 0.15) is 0 Å². The molecule has 0 radical (unpaired) electrons. The van der Waals surface area contributed by atoms with E-state index in [-0.39, 0.29) is 12.0 Å². The molecule has 2 atom stereocenters. The van der Waals surface area contributed by atoms with Crippen LogP contribution in [0.15, 0.2) is 42.5 Å². The van der Waals surface area contributed by atoms with Crippen LogP contribution < -0.4 is 0 Å². The van der Waals surface area contributed by atoms with Gasteiger partial charge in [-0.3, -0.25) is 0 Å². The zero-order valence-electron chi connectivity index (χ0n) is 11.1. The highest BCUT2D eigenvalue weighted by Crippen LogP contribution is 2.13. The van der Waals surface area contributed by atoms with Gasteiger partial charge in [-0.1, -0.05) is 63.3 Å². The van der Waals surface area contributed by atoms with Gasteiger partial charge in [-0.25, -0.2) is 0 Å². The third-order valence-corrected chi connectivity index (χ3v) is 2.98. The summed E-state index contributed by atoms with van der Waals surface area (Å²) in [4.78, 5) is 0. The molecule has 0 bridgehead atoms. The summed E-state index contributed by atoms with van der Waals surface area (Å²) in [6.07, 6.45) is 5.82. The number of rotatable bonds is 6. The number of hydrogen-bond donors (Lipinski definition) is 1. The molecular weight excluding hydrogens is 208 g/mol. The predicted molar refractivity (Wildman–Crippen MR) is 73.9 cm³/mol. The van der Waals surface area contributed by atoms with E-state index in [1.165, 1.54) is 5.56 Å². The molecule has 1 aromatic rings.